The zero-order valence-electron chi connectivity index (χ0n) is 21.9. The van der Waals surface area contributed by atoms with Crippen LogP contribution in [0.5, 0.6) is 11.5 Å². The summed E-state index contributed by atoms with van der Waals surface area (Å²) in [4.78, 5) is 28.6. The first-order valence-electron chi connectivity index (χ1n) is 13.2. The number of hydrogen-bond acceptors (Lipinski definition) is 5. The van der Waals surface area contributed by atoms with E-state index in [4.69, 9.17) is 9.47 Å². The van der Waals surface area contributed by atoms with Crippen molar-refractivity contribution in [3.05, 3.63) is 101 Å². The van der Waals surface area contributed by atoms with Crippen LogP contribution in [0.4, 0.5) is 0 Å². The predicted octanol–water partition coefficient (Wildman–Crippen LogP) is 6.34. The number of benzene rings is 3. The highest BCUT2D eigenvalue weighted by atomic mass is 16.5. The fourth-order valence-corrected chi connectivity index (χ4v) is 5.63. The van der Waals surface area contributed by atoms with Gasteiger partial charge < -0.3 is 19.5 Å². The van der Waals surface area contributed by atoms with Crippen molar-refractivity contribution in [1.82, 2.24) is 4.90 Å². The van der Waals surface area contributed by atoms with Crippen LogP contribution >= 0.6 is 0 Å². The number of ether oxygens (including phenoxy) is 2. The lowest BCUT2D eigenvalue weighted by molar-refractivity contribution is -0.141. The van der Waals surface area contributed by atoms with E-state index in [2.05, 4.69) is 0 Å². The first kappa shape index (κ1) is 25.6. The number of nitrogens with zero attached hydrogens (tertiary/aromatic N) is 1. The second kappa shape index (κ2) is 11.1. The standard InChI is InChI=1S/C32H33NO5/c1-21-19-23(17-18-26(21)38-20-22-11-5-3-6-12-22)30(34)28-29(25-15-9-10-16-27(25)37-2)33(32(36)31(28)35)24-13-7-4-8-14-24/h3,5-6,9-12,15-19,24,29,34H,4,7-8,13-14,20H2,1-2H3/b30-28+. The van der Waals surface area contributed by atoms with Gasteiger partial charge in [0.05, 0.1) is 18.7 Å². The molecule has 2 fully saturated rings. The molecule has 0 aromatic heterocycles. The minimum absolute atomic E-state index is 0.0593. The van der Waals surface area contributed by atoms with Crippen LogP contribution in [0.1, 0.15) is 60.4 Å². The van der Waals surface area contributed by atoms with Gasteiger partial charge in [-0.1, -0.05) is 67.8 Å². The first-order valence-corrected chi connectivity index (χ1v) is 13.2. The number of carbonyl (C=O) groups is 2. The van der Waals surface area contributed by atoms with E-state index >= 15 is 0 Å². The number of aliphatic hydroxyl groups is 1. The largest absolute Gasteiger partial charge is 0.507 e. The summed E-state index contributed by atoms with van der Waals surface area (Å²) in [7, 11) is 1.57. The molecule has 196 valence electrons. The highest BCUT2D eigenvalue weighted by molar-refractivity contribution is 6.46. The molecule has 6 heteroatoms. The molecular weight excluding hydrogens is 478 g/mol. The molecule has 1 saturated carbocycles. The molecule has 6 nitrogen and oxygen atoms in total. The summed E-state index contributed by atoms with van der Waals surface area (Å²) < 4.78 is 11.6. The van der Waals surface area contributed by atoms with Crippen LogP contribution in [0.25, 0.3) is 5.76 Å². The molecule has 5 rings (SSSR count). The molecule has 2 aliphatic rings. The summed E-state index contributed by atoms with van der Waals surface area (Å²) in [5, 5.41) is 11.5. The lowest BCUT2D eigenvalue weighted by atomic mass is 9.90. The topological polar surface area (TPSA) is 76.1 Å². The van der Waals surface area contributed by atoms with Crippen LogP contribution in [-0.4, -0.2) is 34.8 Å². The number of methoxy groups -OCH3 is 1. The number of para-hydroxylation sites is 1. The number of amides is 1. The van der Waals surface area contributed by atoms with Crippen molar-refractivity contribution in [2.75, 3.05) is 7.11 Å². The third-order valence-corrected chi connectivity index (χ3v) is 7.57. The normalized spacial score (nSPS) is 19.5. The monoisotopic (exact) mass is 511 g/mol. The molecule has 1 saturated heterocycles. The third kappa shape index (κ3) is 4.91. The second-order valence-corrected chi connectivity index (χ2v) is 9.99. The molecule has 1 unspecified atom stereocenters. The van der Waals surface area contributed by atoms with Gasteiger partial charge in [0.1, 0.15) is 23.9 Å². The quantitative estimate of drug-likeness (QED) is 0.228. The molecule has 1 atom stereocenters. The van der Waals surface area contributed by atoms with E-state index in [-0.39, 0.29) is 17.4 Å². The van der Waals surface area contributed by atoms with E-state index in [1.807, 2.05) is 61.5 Å². The first-order chi connectivity index (χ1) is 18.5. The van der Waals surface area contributed by atoms with Crippen molar-refractivity contribution in [1.29, 1.82) is 0 Å². The molecular formula is C32H33NO5. The Hall–Kier alpha value is -4.06. The second-order valence-electron chi connectivity index (χ2n) is 9.99. The van der Waals surface area contributed by atoms with Crippen molar-refractivity contribution in [3.8, 4) is 11.5 Å². The summed E-state index contributed by atoms with van der Waals surface area (Å²) in [5.74, 6) is -0.142. The molecule has 38 heavy (non-hydrogen) atoms. The van der Waals surface area contributed by atoms with Gasteiger partial charge in [-0.2, -0.15) is 0 Å². The van der Waals surface area contributed by atoms with Crippen molar-refractivity contribution >= 4 is 17.4 Å². The minimum atomic E-state index is -0.719. The Morgan fingerprint density at radius 3 is 2.34 bits per heavy atom. The number of aryl methyl sites for hydroxylation is 1. The van der Waals surface area contributed by atoms with Gasteiger partial charge in [0.25, 0.3) is 11.7 Å². The molecule has 0 bridgehead atoms. The Balaban J connectivity index is 1.54. The summed E-state index contributed by atoms with van der Waals surface area (Å²) in [6.45, 7) is 2.32. The maximum atomic E-state index is 13.5. The van der Waals surface area contributed by atoms with Crippen LogP contribution in [0.15, 0.2) is 78.4 Å². The smallest absolute Gasteiger partial charge is 0.295 e. The number of ketones is 1. The van der Waals surface area contributed by atoms with Crippen molar-refractivity contribution in [3.63, 3.8) is 0 Å². The van der Waals surface area contributed by atoms with Crippen molar-refractivity contribution in [2.45, 2.75) is 57.7 Å². The molecule has 1 heterocycles. The highest BCUT2D eigenvalue weighted by Gasteiger charge is 2.49. The average molecular weight is 512 g/mol. The molecule has 0 spiro atoms. The van der Waals surface area contributed by atoms with E-state index in [1.54, 1.807) is 30.2 Å². The van der Waals surface area contributed by atoms with E-state index in [1.165, 1.54) is 0 Å². The fourth-order valence-electron chi connectivity index (χ4n) is 5.63. The summed E-state index contributed by atoms with van der Waals surface area (Å²) in [5.41, 5.74) is 3.14. The lowest BCUT2D eigenvalue weighted by Gasteiger charge is -2.35. The van der Waals surface area contributed by atoms with Crippen LogP contribution in [0, 0.1) is 6.92 Å². The molecule has 1 amide bonds. The Morgan fingerprint density at radius 1 is 0.921 bits per heavy atom. The Morgan fingerprint density at radius 2 is 1.63 bits per heavy atom. The van der Waals surface area contributed by atoms with E-state index in [0.29, 0.717) is 29.2 Å². The van der Waals surface area contributed by atoms with Crippen LogP contribution in [-0.2, 0) is 16.2 Å². The molecule has 3 aromatic rings. The fraction of sp³-hybridized carbons (Fsp3) is 0.312. The summed E-state index contributed by atoms with van der Waals surface area (Å²) in [6, 6.07) is 21.8. The summed E-state index contributed by atoms with van der Waals surface area (Å²) in [6.07, 6.45) is 4.82. The maximum Gasteiger partial charge on any atom is 0.295 e. The van der Waals surface area contributed by atoms with Gasteiger partial charge in [-0.05, 0) is 55.2 Å². The van der Waals surface area contributed by atoms with Crippen molar-refractivity contribution < 1.29 is 24.2 Å². The van der Waals surface area contributed by atoms with Gasteiger partial charge in [0, 0.05) is 17.2 Å². The van der Waals surface area contributed by atoms with Gasteiger partial charge in [0.2, 0.25) is 0 Å². The number of carbonyl (C=O) groups excluding carboxylic acids is 2. The summed E-state index contributed by atoms with van der Waals surface area (Å²) >= 11 is 0. The molecule has 0 radical (unpaired) electrons. The highest BCUT2D eigenvalue weighted by Crippen LogP contribution is 2.45. The van der Waals surface area contributed by atoms with Gasteiger partial charge in [-0.25, -0.2) is 0 Å². The Bertz CT molecular complexity index is 1360. The SMILES string of the molecule is COc1ccccc1C1/C(=C(\O)c2ccc(OCc3ccccc3)c(C)c2)C(=O)C(=O)N1C1CCCCC1. The van der Waals surface area contributed by atoms with E-state index in [9.17, 15) is 14.7 Å². The van der Waals surface area contributed by atoms with Crippen molar-refractivity contribution in [2.24, 2.45) is 0 Å². The zero-order valence-corrected chi connectivity index (χ0v) is 21.9. The molecule has 1 aliphatic heterocycles. The maximum absolute atomic E-state index is 13.5. The number of aliphatic hydroxyl groups excluding tert-OH is 1. The minimum Gasteiger partial charge on any atom is -0.507 e. The lowest BCUT2D eigenvalue weighted by Crippen LogP contribution is -2.40. The number of likely N-dealkylation sites (tertiary alicyclic amines) is 1. The molecule has 3 aromatic carbocycles. The van der Waals surface area contributed by atoms with Gasteiger partial charge >= 0.3 is 0 Å². The molecule has 1 aliphatic carbocycles. The van der Waals surface area contributed by atoms with Gasteiger partial charge in [0.15, 0.2) is 0 Å². The Kier molecular flexibility index (Phi) is 7.50. The van der Waals surface area contributed by atoms with Crippen LogP contribution in [0.2, 0.25) is 0 Å². The number of hydrogen-bond donors (Lipinski definition) is 1. The van der Waals surface area contributed by atoms with Crippen LogP contribution < -0.4 is 9.47 Å². The van der Waals surface area contributed by atoms with E-state index in [0.717, 1.165) is 43.2 Å². The van der Waals surface area contributed by atoms with Crippen LogP contribution in [0.3, 0.4) is 0 Å². The molecule has 1 N–H and O–H groups in total. The number of Topliss-reactive ketones (excluding diaryl/α,β-unsaturated/α-hetero) is 1. The number of rotatable bonds is 7. The van der Waals surface area contributed by atoms with Gasteiger partial charge in [-0.3, -0.25) is 9.59 Å². The Labute approximate surface area is 223 Å². The van der Waals surface area contributed by atoms with Gasteiger partial charge in [-0.15, -0.1) is 0 Å². The van der Waals surface area contributed by atoms with E-state index < -0.39 is 17.7 Å². The predicted molar refractivity (Wildman–Crippen MR) is 146 cm³/mol. The third-order valence-electron chi connectivity index (χ3n) is 7.57. The average Bonchev–Trinajstić information content (AvgIpc) is 3.22. The zero-order chi connectivity index (χ0) is 26.6.